The van der Waals surface area contributed by atoms with E-state index in [0.29, 0.717) is 25.2 Å². The molecule has 0 aromatic heterocycles. The van der Waals surface area contributed by atoms with Gasteiger partial charge in [-0.3, -0.25) is 0 Å². The van der Waals surface area contributed by atoms with Crippen molar-refractivity contribution in [2.45, 2.75) is 38.3 Å². The summed E-state index contributed by atoms with van der Waals surface area (Å²) in [5, 5.41) is 18.9. The largest absolute Gasteiger partial charge is 0.508 e. The van der Waals surface area contributed by atoms with Crippen molar-refractivity contribution in [3.05, 3.63) is 23.5 Å². The fraction of sp³-hybridized carbons (Fsp3) is 0.636. The van der Waals surface area contributed by atoms with Crippen LogP contribution >= 0.6 is 0 Å². The molecule has 4 heteroatoms. The lowest BCUT2D eigenvalue weighted by Crippen LogP contribution is -2.29. The van der Waals surface area contributed by atoms with E-state index in [1.807, 2.05) is 6.92 Å². The van der Waals surface area contributed by atoms with Gasteiger partial charge in [0, 0.05) is 12.8 Å². The lowest BCUT2D eigenvalue weighted by molar-refractivity contribution is -0.167. The van der Waals surface area contributed by atoms with Crippen LogP contribution in [0.5, 0.6) is 0 Å². The van der Waals surface area contributed by atoms with E-state index in [4.69, 9.17) is 9.47 Å². The minimum absolute atomic E-state index is 0.112. The third-order valence-corrected chi connectivity index (χ3v) is 2.73. The van der Waals surface area contributed by atoms with Gasteiger partial charge in [-0.15, -0.1) is 0 Å². The molecular weight excluding hydrogens is 196 g/mol. The number of allylic oxidation sites excluding steroid dienone is 1. The van der Waals surface area contributed by atoms with Crippen LogP contribution in [0.2, 0.25) is 0 Å². The second-order valence-corrected chi connectivity index (χ2v) is 4.00. The van der Waals surface area contributed by atoms with Crippen molar-refractivity contribution in [1.29, 1.82) is 0 Å². The Hall–Kier alpha value is -0.840. The van der Waals surface area contributed by atoms with Crippen molar-refractivity contribution in [3.8, 4) is 0 Å². The Bertz CT molecular complexity index is 295. The van der Waals surface area contributed by atoms with Crippen molar-refractivity contribution < 1.29 is 19.7 Å². The number of ether oxygens (including phenoxy) is 2. The number of hydrogen-bond acceptors (Lipinski definition) is 4. The molecule has 2 N–H and O–H groups in total. The Morgan fingerprint density at radius 1 is 1.53 bits per heavy atom. The highest BCUT2D eigenvalue weighted by molar-refractivity contribution is 5.24. The highest BCUT2D eigenvalue weighted by atomic mass is 16.7. The van der Waals surface area contributed by atoms with Crippen LogP contribution in [-0.4, -0.2) is 35.3 Å². The molecule has 84 valence electrons. The molecule has 0 bridgehead atoms. The number of hydrogen-bond donors (Lipinski definition) is 2. The molecule has 0 amide bonds. The minimum atomic E-state index is -0.529. The maximum absolute atomic E-state index is 9.50. The van der Waals surface area contributed by atoms with Gasteiger partial charge in [0.25, 0.3) is 0 Å². The van der Waals surface area contributed by atoms with Crippen molar-refractivity contribution >= 4 is 0 Å². The van der Waals surface area contributed by atoms with Crippen molar-refractivity contribution in [1.82, 2.24) is 0 Å². The van der Waals surface area contributed by atoms with Crippen LogP contribution in [0.25, 0.3) is 0 Å². The maximum atomic E-state index is 9.50. The molecule has 0 aromatic rings. The van der Waals surface area contributed by atoms with Crippen LogP contribution in [0.15, 0.2) is 23.5 Å². The fourth-order valence-electron chi connectivity index (χ4n) is 1.76. The van der Waals surface area contributed by atoms with Gasteiger partial charge < -0.3 is 19.7 Å². The van der Waals surface area contributed by atoms with Gasteiger partial charge in [0.05, 0.1) is 12.7 Å². The molecule has 1 fully saturated rings. The smallest absolute Gasteiger partial charge is 0.184 e. The highest BCUT2D eigenvalue weighted by Crippen LogP contribution is 2.23. The summed E-state index contributed by atoms with van der Waals surface area (Å²) in [5.41, 5.74) is 0.898. The Labute approximate surface area is 88.8 Å². The molecule has 1 aliphatic carbocycles. The molecule has 2 aliphatic rings. The molecule has 1 heterocycles. The summed E-state index contributed by atoms with van der Waals surface area (Å²) < 4.78 is 10.8. The number of rotatable bonds is 2. The van der Waals surface area contributed by atoms with Gasteiger partial charge in [-0.2, -0.15) is 0 Å². The number of aliphatic hydroxyl groups is 2. The second kappa shape index (κ2) is 4.35. The van der Waals surface area contributed by atoms with Crippen LogP contribution in [0.1, 0.15) is 19.8 Å². The van der Waals surface area contributed by atoms with E-state index in [-0.39, 0.29) is 6.10 Å². The van der Waals surface area contributed by atoms with E-state index in [0.717, 1.165) is 5.57 Å². The highest BCUT2D eigenvalue weighted by Gasteiger charge is 2.29. The van der Waals surface area contributed by atoms with Crippen molar-refractivity contribution in [2.75, 3.05) is 6.61 Å². The Balaban J connectivity index is 1.90. The average Bonchev–Trinajstić information content (AvgIpc) is 2.59. The fourth-order valence-corrected chi connectivity index (χ4v) is 1.76. The minimum Gasteiger partial charge on any atom is -0.508 e. The standard InChI is InChI=1S/C11H16O4/c1-7-6-8(2-3-9(7)12)15-11-10(13)4-5-14-11/h2-3,8,10-13H,4-6H2,1H3. The SMILES string of the molecule is CC1=C(O)C=CC(OC2OCCC2O)C1. The lowest BCUT2D eigenvalue weighted by atomic mass is 10.0. The zero-order valence-electron chi connectivity index (χ0n) is 8.72. The zero-order chi connectivity index (χ0) is 10.8. The van der Waals surface area contributed by atoms with Crippen molar-refractivity contribution in [2.24, 2.45) is 0 Å². The summed E-state index contributed by atoms with van der Waals surface area (Å²) in [6.45, 7) is 2.41. The van der Waals surface area contributed by atoms with Crippen LogP contribution in [0.3, 0.4) is 0 Å². The predicted molar refractivity (Wildman–Crippen MR) is 54.3 cm³/mol. The van der Waals surface area contributed by atoms with Gasteiger partial charge in [0.1, 0.15) is 11.9 Å². The topological polar surface area (TPSA) is 58.9 Å². The molecule has 1 saturated heterocycles. The first-order valence-corrected chi connectivity index (χ1v) is 5.19. The predicted octanol–water partition coefficient (Wildman–Crippen LogP) is 1.27. The zero-order valence-corrected chi connectivity index (χ0v) is 8.72. The molecule has 0 aromatic carbocycles. The molecule has 3 atom stereocenters. The first kappa shape index (κ1) is 10.7. The van der Waals surface area contributed by atoms with Gasteiger partial charge in [-0.25, -0.2) is 0 Å². The second-order valence-electron chi connectivity index (χ2n) is 4.00. The summed E-state index contributed by atoms with van der Waals surface area (Å²) in [7, 11) is 0. The van der Waals surface area contributed by atoms with Gasteiger partial charge in [0.15, 0.2) is 6.29 Å². The van der Waals surface area contributed by atoms with Crippen LogP contribution in [-0.2, 0) is 9.47 Å². The third-order valence-electron chi connectivity index (χ3n) is 2.73. The maximum Gasteiger partial charge on any atom is 0.184 e. The Morgan fingerprint density at radius 2 is 2.33 bits per heavy atom. The Morgan fingerprint density at radius 3 is 2.93 bits per heavy atom. The van der Waals surface area contributed by atoms with E-state index in [2.05, 4.69) is 0 Å². The van der Waals surface area contributed by atoms with Gasteiger partial charge >= 0.3 is 0 Å². The van der Waals surface area contributed by atoms with Crippen LogP contribution in [0, 0.1) is 0 Å². The van der Waals surface area contributed by atoms with Gasteiger partial charge in [-0.1, -0.05) is 6.08 Å². The molecule has 0 spiro atoms. The average molecular weight is 212 g/mol. The monoisotopic (exact) mass is 212 g/mol. The van der Waals surface area contributed by atoms with Crippen LogP contribution in [0.4, 0.5) is 0 Å². The lowest BCUT2D eigenvalue weighted by Gasteiger charge is -2.23. The quantitative estimate of drug-likeness (QED) is 0.723. The molecule has 0 radical (unpaired) electrons. The first-order valence-electron chi connectivity index (χ1n) is 5.19. The summed E-state index contributed by atoms with van der Waals surface area (Å²) in [4.78, 5) is 0. The Kier molecular flexibility index (Phi) is 3.09. The summed E-state index contributed by atoms with van der Waals surface area (Å²) in [6, 6.07) is 0. The summed E-state index contributed by atoms with van der Waals surface area (Å²) in [5.74, 6) is 0.308. The summed E-state index contributed by atoms with van der Waals surface area (Å²) in [6.07, 6.45) is 3.53. The van der Waals surface area contributed by atoms with E-state index in [1.54, 1.807) is 12.2 Å². The first-order chi connectivity index (χ1) is 7.16. The molecule has 4 nitrogen and oxygen atoms in total. The molecule has 0 saturated carbocycles. The third kappa shape index (κ3) is 2.40. The van der Waals surface area contributed by atoms with Crippen molar-refractivity contribution in [3.63, 3.8) is 0 Å². The molecule has 3 unspecified atom stereocenters. The molecular formula is C11H16O4. The van der Waals surface area contributed by atoms with Gasteiger partial charge in [-0.05, 0) is 18.6 Å². The summed E-state index contributed by atoms with van der Waals surface area (Å²) >= 11 is 0. The van der Waals surface area contributed by atoms with Gasteiger partial charge in [0.2, 0.25) is 0 Å². The number of aliphatic hydroxyl groups excluding tert-OH is 2. The molecule has 15 heavy (non-hydrogen) atoms. The van der Waals surface area contributed by atoms with E-state index in [1.165, 1.54) is 0 Å². The molecule has 1 aliphatic heterocycles. The van der Waals surface area contributed by atoms with Crippen LogP contribution < -0.4 is 0 Å². The van der Waals surface area contributed by atoms with E-state index >= 15 is 0 Å². The molecule has 2 rings (SSSR count). The van der Waals surface area contributed by atoms with E-state index < -0.39 is 12.4 Å². The van der Waals surface area contributed by atoms with E-state index in [9.17, 15) is 10.2 Å². The normalized spacial score (nSPS) is 36.3.